The standard InChI is InChI=1S/C23H25N5O3/c1-2-20(29)27-7-5-15(6-8-27)12-28-13-17(21-22(24)25-14-26-23(21)28)16-3-4-18-19(11-16)31-10-9-30-18/h2-4,11,13-15H,1,5-10,12H2,(H2,24,25,26). The number of nitrogen functional groups attached to an aromatic ring is 1. The zero-order valence-electron chi connectivity index (χ0n) is 17.3. The van der Waals surface area contributed by atoms with Gasteiger partial charge in [-0.2, -0.15) is 0 Å². The Labute approximate surface area is 180 Å². The average Bonchev–Trinajstić information content (AvgIpc) is 3.18. The first kappa shape index (κ1) is 19.4. The summed E-state index contributed by atoms with van der Waals surface area (Å²) in [6.07, 6.45) is 6.88. The Morgan fingerprint density at radius 3 is 2.74 bits per heavy atom. The summed E-state index contributed by atoms with van der Waals surface area (Å²) < 4.78 is 13.6. The molecule has 2 aromatic heterocycles. The molecule has 4 heterocycles. The van der Waals surface area contributed by atoms with E-state index in [9.17, 15) is 4.79 Å². The molecule has 0 aliphatic carbocycles. The number of aromatic nitrogens is 3. The molecule has 0 radical (unpaired) electrons. The van der Waals surface area contributed by atoms with Crippen LogP contribution in [0.3, 0.4) is 0 Å². The first-order chi connectivity index (χ1) is 15.1. The number of nitrogens with zero attached hydrogens (tertiary/aromatic N) is 4. The van der Waals surface area contributed by atoms with E-state index in [4.69, 9.17) is 15.2 Å². The second-order valence-corrected chi connectivity index (χ2v) is 7.98. The van der Waals surface area contributed by atoms with Gasteiger partial charge in [-0.1, -0.05) is 12.6 Å². The largest absolute Gasteiger partial charge is 0.486 e. The van der Waals surface area contributed by atoms with E-state index in [0.717, 1.165) is 66.1 Å². The molecule has 0 unspecified atom stereocenters. The number of rotatable bonds is 4. The highest BCUT2D eigenvalue weighted by Gasteiger charge is 2.24. The molecule has 0 spiro atoms. The van der Waals surface area contributed by atoms with Gasteiger partial charge in [0.2, 0.25) is 5.91 Å². The average molecular weight is 419 g/mol. The lowest BCUT2D eigenvalue weighted by Gasteiger charge is -2.31. The Balaban J connectivity index is 1.46. The van der Waals surface area contributed by atoms with Crippen LogP contribution in [0, 0.1) is 5.92 Å². The van der Waals surface area contributed by atoms with Crippen molar-refractivity contribution in [3.05, 3.63) is 43.4 Å². The third kappa shape index (κ3) is 3.58. The number of likely N-dealkylation sites (tertiary alicyclic amines) is 1. The molecule has 8 heteroatoms. The van der Waals surface area contributed by atoms with Gasteiger partial charge in [-0.25, -0.2) is 9.97 Å². The normalized spacial score (nSPS) is 16.5. The van der Waals surface area contributed by atoms with Crippen molar-refractivity contribution in [1.29, 1.82) is 0 Å². The molecule has 31 heavy (non-hydrogen) atoms. The number of piperidine rings is 1. The number of nitrogens with two attached hydrogens (primary N) is 1. The fourth-order valence-corrected chi connectivity index (χ4v) is 4.46. The molecule has 0 saturated carbocycles. The van der Waals surface area contributed by atoms with Crippen LogP contribution in [-0.2, 0) is 11.3 Å². The Kier molecular flexibility index (Phi) is 4.97. The molecule has 0 atom stereocenters. The number of carbonyl (C=O) groups is 1. The summed E-state index contributed by atoms with van der Waals surface area (Å²) in [6.45, 7) is 7.00. The molecule has 160 valence electrons. The van der Waals surface area contributed by atoms with Crippen LogP contribution < -0.4 is 15.2 Å². The van der Waals surface area contributed by atoms with Crippen LogP contribution in [0.25, 0.3) is 22.2 Å². The third-order valence-electron chi connectivity index (χ3n) is 6.09. The minimum absolute atomic E-state index is 0.00581. The van der Waals surface area contributed by atoms with E-state index in [1.54, 1.807) is 0 Å². The second kappa shape index (κ2) is 7.94. The van der Waals surface area contributed by atoms with Crippen molar-refractivity contribution in [2.24, 2.45) is 5.92 Å². The summed E-state index contributed by atoms with van der Waals surface area (Å²) >= 11 is 0. The fraction of sp³-hybridized carbons (Fsp3) is 0.348. The first-order valence-corrected chi connectivity index (χ1v) is 10.5. The molecule has 5 rings (SSSR count). The van der Waals surface area contributed by atoms with E-state index in [-0.39, 0.29) is 5.91 Å². The van der Waals surface area contributed by atoms with Gasteiger partial charge in [0.05, 0.1) is 5.39 Å². The molecule has 2 aliphatic rings. The Bertz CT molecular complexity index is 1150. The highest BCUT2D eigenvalue weighted by Crippen LogP contribution is 2.39. The molecule has 3 aromatic rings. The zero-order chi connectivity index (χ0) is 21.4. The fourth-order valence-electron chi connectivity index (χ4n) is 4.46. The van der Waals surface area contributed by atoms with Crippen molar-refractivity contribution in [1.82, 2.24) is 19.4 Å². The molecule has 1 amide bonds. The summed E-state index contributed by atoms with van der Waals surface area (Å²) in [7, 11) is 0. The van der Waals surface area contributed by atoms with Gasteiger partial charge in [-0.05, 0) is 42.5 Å². The van der Waals surface area contributed by atoms with Gasteiger partial charge in [0.1, 0.15) is 31.0 Å². The van der Waals surface area contributed by atoms with E-state index < -0.39 is 0 Å². The number of carbonyl (C=O) groups excluding carboxylic acids is 1. The lowest BCUT2D eigenvalue weighted by molar-refractivity contribution is -0.127. The maximum Gasteiger partial charge on any atom is 0.245 e. The number of amides is 1. The van der Waals surface area contributed by atoms with Crippen LogP contribution in [0.1, 0.15) is 12.8 Å². The molecule has 0 bridgehead atoms. The topological polar surface area (TPSA) is 95.5 Å². The number of fused-ring (bicyclic) bond motifs is 2. The van der Waals surface area contributed by atoms with Gasteiger partial charge in [0.25, 0.3) is 0 Å². The van der Waals surface area contributed by atoms with Crippen molar-refractivity contribution >= 4 is 22.8 Å². The number of benzene rings is 1. The van der Waals surface area contributed by atoms with E-state index in [1.165, 1.54) is 12.4 Å². The lowest BCUT2D eigenvalue weighted by Crippen LogP contribution is -2.38. The monoisotopic (exact) mass is 419 g/mol. The van der Waals surface area contributed by atoms with Crippen LogP contribution in [0.4, 0.5) is 5.82 Å². The number of hydrogen-bond acceptors (Lipinski definition) is 6. The molecular weight excluding hydrogens is 394 g/mol. The predicted octanol–water partition coefficient (Wildman–Crippen LogP) is 2.88. The molecule has 2 aliphatic heterocycles. The summed E-state index contributed by atoms with van der Waals surface area (Å²) in [5, 5.41) is 0.846. The van der Waals surface area contributed by atoms with Gasteiger partial charge >= 0.3 is 0 Å². The summed E-state index contributed by atoms with van der Waals surface area (Å²) in [6, 6.07) is 5.93. The molecule has 1 saturated heterocycles. The second-order valence-electron chi connectivity index (χ2n) is 7.98. The first-order valence-electron chi connectivity index (χ1n) is 10.5. The SMILES string of the molecule is C=CC(=O)N1CCC(Cn2cc(-c3ccc4c(c3)OCCO4)c3c(N)ncnc32)CC1. The van der Waals surface area contributed by atoms with Crippen molar-refractivity contribution in [2.75, 3.05) is 32.0 Å². The summed E-state index contributed by atoms with van der Waals surface area (Å²) in [5.41, 5.74) is 9.06. The Morgan fingerprint density at radius 1 is 1.19 bits per heavy atom. The number of ether oxygens (including phenoxy) is 2. The maximum absolute atomic E-state index is 11.9. The molecule has 8 nitrogen and oxygen atoms in total. The minimum atomic E-state index is 0.00581. The van der Waals surface area contributed by atoms with Crippen LogP contribution in [0.5, 0.6) is 11.5 Å². The van der Waals surface area contributed by atoms with E-state index in [1.807, 2.05) is 23.1 Å². The van der Waals surface area contributed by atoms with Gasteiger partial charge in [-0.3, -0.25) is 4.79 Å². The predicted molar refractivity (Wildman–Crippen MR) is 118 cm³/mol. The molecule has 1 aromatic carbocycles. The van der Waals surface area contributed by atoms with Crippen LogP contribution in [0.15, 0.2) is 43.4 Å². The highest BCUT2D eigenvalue weighted by molar-refractivity contribution is 6.00. The molecule has 1 fully saturated rings. The lowest BCUT2D eigenvalue weighted by atomic mass is 9.96. The van der Waals surface area contributed by atoms with E-state index >= 15 is 0 Å². The van der Waals surface area contributed by atoms with Crippen molar-refractivity contribution < 1.29 is 14.3 Å². The Morgan fingerprint density at radius 2 is 1.97 bits per heavy atom. The van der Waals surface area contributed by atoms with Gasteiger partial charge in [0.15, 0.2) is 11.5 Å². The van der Waals surface area contributed by atoms with Gasteiger partial charge < -0.3 is 24.7 Å². The van der Waals surface area contributed by atoms with Gasteiger partial charge in [-0.15, -0.1) is 0 Å². The molecule has 2 N–H and O–H groups in total. The van der Waals surface area contributed by atoms with Crippen LogP contribution >= 0.6 is 0 Å². The maximum atomic E-state index is 11.9. The smallest absolute Gasteiger partial charge is 0.245 e. The van der Waals surface area contributed by atoms with E-state index in [0.29, 0.717) is 24.9 Å². The number of anilines is 1. The van der Waals surface area contributed by atoms with E-state index in [2.05, 4.69) is 27.3 Å². The van der Waals surface area contributed by atoms with Crippen LogP contribution in [-0.4, -0.2) is 51.6 Å². The minimum Gasteiger partial charge on any atom is -0.486 e. The number of hydrogen-bond donors (Lipinski definition) is 1. The van der Waals surface area contributed by atoms with Crippen molar-refractivity contribution in [2.45, 2.75) is 19.4 Å². The molecular formula is C23H25N5O3. The van der Waals surface area contributed by atoms with Crippen molar-refractivity contribution in [3.8, 4) is 22.6 Å². The quantitative estimate of drug-likeness (QED) is 0.654. The van der Waals surface area contributed by atoms with Gasteiger partial charge in [0, 0.05) is 31.4 Å². The summed E-state index contributed by atoms with van der Waals surface area (Å²) in [5.74, 6) is 2.41. The third-order valence-corrected chi connectivity index (χ3v) is 6.09. The zero-order valence-corrected chi connectivity index (χ0v) is 17.3. The van der Waals surface area contributed by atoms with Crippen LogP contribution in [0.2, 0.25) is 0 Å². The van der Waals surface area contributed by atoms with Crippen molar-refractivity contribution in [3.63, 3.8) is 0 Å². The highest BCUT2D eigenvalue weighted by atomic mass is 16.6. The summed E-state index contributed by atoms with van der Waals surface area (Å²) in [4.78, 5) is 22.5. The Hall–Kier alpha value is -3.55.